The largest absolute Gasteiger partial charge is 0.481 e. The lowest BCUT2D eigenvalue weighted by Crippen LogP contribution is -2.18. The summed E-state index contributed by atoms with van der Waals surface area (Å²) in [5.41, 5.74) is 0.866. The van der Waals surface area contributed by atoms with E-state index < -0.39 is 0 Å². The Morgan fingerprint density at radius 2 is 2.14 bits per heavy atom. The molecule has 1 aromatic rings. The molecule has 14 heavy (non-hydrogen) atoms. The van der Waals surface area contributed by atoms with Crippen molar-refractivity contribution in [3.05, 3.63) is 23.9 Å². The molecule has 78 valence electrons. The zero-order valence-corrected chi connectivity index (χ0v) is 8.90. The minimum Gasteiger partial charge on any atom is -0.481 e. The summed E-state index contributed by atoms with van der Waals surface area (Å²) in [7, 11) is 1.59. The van der Waals surface area contributed by atoms with Gasteiger partial charge >= 0.3 is 0 Å². The number of ether oxygens (including phenoxy) is 1. The van der Waals surface area contributed by atoms with Gasteiger partial charge in [-0.05, 0) is 12.0 Å². The van der Waals surface area contributed by atoms with Crippen LogP contribution in [0.5, 0.6) is 5.88 Å². The van der Waals surface area contributed by atoms with Crippen molar-refractivity contribution in [1.29, 1.82) is 0 Å². The van der Waals surface area contributed by atoms with Crippen molar-refractivity contribution in [1.82, 2.24) is 4.98 Å². The summed E-state index contributed by atoms with van der Waals surface area (Å²) in [6.45, 7) is 3.98. The summed E-state index contributed by atoms with van der Waals surface area (Å²) in [5, 5.41) is 9.66. The van der Waals surface area contributed by atoms with E-state index in [-0.39, 0.29) is 12.0 Å². The maximum atomic E-state index is 9.66. The van der Waals surface area contributed by atoms with Gasteiger partial charge in [-0.1, -0.05) is 19.9 Å². The van der Waals surface area contributed by atoms with Crippen molar-refractivity contribution in [3.8, 4) is 5.88 Å². The van der Waals surface area contributed by atoms with Crippen LogP contribution in [-0.4, -0.2) is 23.3 Å². The molecule has 0 aliphatic carbocycles. The number of pyridine rings is 1. The Labute approximate surface area is 84.7 Å². The summed E-state index contributed by atoms with van der Waals surface area (Å²) >= 11 is 0. The highest BCUT2D eigenvalue weighted by Crippen LogP contribution is 2.11. The fourth-order valence-corrected chi connectivity index (χ4v) is 1.13. The van der Waals surface area contributed by atoms with Crippen molar-refractivity contribution in [2.75, 3.05) is 7.11 Å². The number of aliphatic hydroxyl groups excluding tert-OH is 1. The number of hydrogen-bond acceptors (Lipinski definition) is 3. The van der Waals surface area contributed by atoms with Gasteiger partial charge in [-0.2, -0.15) is 0 Å². The fourth-order valence-electron chi connectivity index (χ4n) is 1.13. The van der Waals surface area contributed by atoms with Crippen LogP contribution in [0.15, 0.2) is 18.2 Å². The van der Waals surface area contributed by atoms with Crippen LogP contribution >= 0.6 is 0 Å². The van der Waals surface area contributed by atoms with E-state index in [9.17, 15) is 5.11 Å². The van der Waals surface area contributed by atoms with Crippen LogP contribution in [0.1, 0.15) is 19.5 Å². The fraction of sp³-hybridized carbons (Fsp3) is 0.545. The summed E-state index contributed by atoms with van der Waals surface area (Å²) in [5.74, 6) is 0.849. The van der Waals surface area contributed by atoms with Crippen molar-refractivity contribution in [2.45, 2.75) is 26.4 Å². The van der Waals surface area contributed by atoms with Gasteiger partial charge in [-0.25, -0.2) is 4.98 Å². The van der Waals surface area contributed by atoms with E-state index in [1.54, 1.807) is 13.2 Å². The Bertz CT molecular complexity index is 286. The second-order valence-corrected chi connectivity index (χ2v) is 3.69. The molecule has 0 amide bonds. The van der Waals surface area contributed by atoms with Crippen molar-refractivity contribution in [3.63, 3.8) is 0 Å². The molecular weight excluding hydrogens is 178 g/mol. The maximum absolute atomic E-state index is 9.66. The second kappa shape index (κ2) is 4.96. The zero-order chi connectivity index (χ0) is 10.6. The highest BCUT2D eigenvalue weighted by Gasteiger charge is 2.10. The average molecular weight is 195 g/mol. The topological polar surface area (TPSA) is 42.4 Å². The smallest absolute Gasteiger partial charge is 0.213 e. The van der Waals surface area contributed by atoms with Gasteiger partial charge in [0.05, 0.1) is 13.2 Å². The SMILES string of the molecule is COc1cccc(CC(O)C(C)C)n1. The van der Waals surface area contributed by atoms with Gasteiger partial charge in [-0.3, -0.25) is 0 Å². The van der Waals surface area contributed by atoms with Crippen LogP contribution < -0.4 is 4.74 Å². The molecular formula is C11H17NO2. The number of aliphatic hydroxyl groups is 1. The molecule has 0 fully saturated rings. The van der Waals surface area contributed by atoms with E-state index in [1.807, 2.05) is 26.0 Å². The number of hydrogen-bond donors (Lipinski definition) is 1. The maximum Gasteiger partial charge on any atom is 0.213 e. The average Bonchev–Trinajstić information content (AvgIpc) is 2.18. The quantitative estimate of drug-likeness (QED) is 0.794. The molecule has 0 aliphatic heterocycles. The minimum atomic E-state index is -0.338. The van der Waals surface area contributed by atoms with E-state index in [4.69, 9.17) is 4.74 Å². The Morgan fingerprint density at radius 1 is 1.43 bits per heavy atom. The van der Waals surface area contributed by atoms with Crippen molar-refractivity contribution >= 4 is 0 Å². The molecule has 0 aromatic carbocycles. The number of nitrogens with zero attached hydrogens (tertiary/aromatic N) is 1. The van der Waals surface area contributed by atoms with Gasteiger partial charge in [0.15, 0.2) is 0 Å². The van der Waals surface area contributed by atoms with E-state index in [0.29, 0.717) is 12.3 Å². The zero-order valence-electron chi connectivity index (χ0n) is 8.90. The van der Waals surface area contributed by atoms with Gasteiger partial charge in [0.2, 0.25) is 5.88 Å². The predicted molar refractivity (Wildman–Crippen MR) is 55.3 cm³/mol. The van der Waals surface area contributed by atoms with Crippen LogP contribution in [-0.2, 0) is 6.42 Å². The molecule has 3 nitrogen and oxygen atoms in total. The third kappa shape index (κ3) is 3.00. The summed E-state index contributed by atoms with van der Waals surface area (Å²) in [4.78, 5) is 4.23. The molecule has 0 saturated carbocycles. The lowest BCUT2D eigenvalue weighted by atomic mass is 10.0. The molecule has 1 rings (SSSR count). The van der Waals surface area contributed by atoms with Crippen LogP contribution in [0.25, 0.3) is 0 Å². The van der Waals surface area contributed by atoms with E-state index in [0.717, 1.165) is 5.69 Å². The first kappa shape index (κ1) is 11.0. The second-order valence-electron chi connectivity index (χ2n) is 3.69. The monoisotopic (exact) mass is 195 g/mol. The van der Waals surface area contributed by atoms with E-state index in [2.05, 4.69) is 4.98 Å². The molecule has 1 aromatic heterocycles. The summed E-state index contributed by atoms with van der Waals surface area (Å²) in [6.07, 6.45) is 0.240. The number of rotatable bonds is 4. The Hall–Kier alpha value is -1.09. The Morgan fingerprint density at radius 3 is 2.71 bits per heavy atom. The lowest BCUT2D eigenvalue weighted by molar-refractivity contribution is 0.124. The van der Waals surface area contributed by atoms with Gasteiger partial charge in [0.1, 0.15) is 0 Å². The van der Waals surface area contributed by atoms with Crippen LogP contribution in [0.3, 0.4) is 0 Å². The van der Waals surface area contributed by atoms with Crippen LogP contribution in [0.2, 0.25) is 0 Å². The molecule has 1 N–H and O–H groups in total. The normalized spacial score (nSPS) is 12.9. The summed E-state index contributed by atoms with van der Waals surface area (Å²) in [6, 6.07) is 5.58. The Kier molecular flexibility index (Phi) is 3.89. The number of aromatic nitrogens is 1. The molecule has 3 heteroatoms. The molecule has 0 radical (unpaired) electrons. The third-order valence-corrected chi connectivity index (χ3v) is 2.18. The van der Waals surface area contributed by atoms with E-state index >= 15 is 0 Å². The first-order valence-corrected chi connectivity index (χ1v) is 4.81. The summed E-state index contributed by atoms with van der Waals surface area (Å²) < 4.78 is 5.00. The highest BCUT2D eigenvalue weighted by molar-refractivity contribution is 5.16. The van der Waals surface area contributed by atoms with Gasteiger partial charge in [-0.15, -0.1) is 0 Å². The highest BCUT2D eigenvalue weighted by atomic mass is 16.5. The van der Waals surface area contributed by atoms with Crippen LogP contribution in [0, 0.1) is 5.92 Å². The molecule has 0 bridgehead atoms. The third-order valence-electron chi connectivity index (χ3n) is 2.18. The van der Waals surface area contributed by atoms with E-state index in [1.165, 1.54) is 0 Å². The van der Waals surface area contributed by atoms with Crippen molar-refractivity contribution in [2.24, 2.45) is 5.92 Å². The first-order valence-electron chi connectivity index (χ1n) is 4.81. The van der Waals surface area contributed by atoms with Crippen molar-refractivity contribution < 1.29 is 9.84 Å². The molecule has 0 saturated heterocycles. The standard InChI is InChI=1S/C11H17NO2/c1-8(2)10(13)7-9-5-4-6-11(12-9)14-3/h4-6,8,10,13H,7H2,1-3H3. The molecule has 0 spiro atoms. The van der Waals surface area contributed by atoms with Gasteiger partial charge in [0, 0.05) is 18.2 Å². The molecule has 1 atom stereocenters. The van der Waals surface area contributed by atoms with Gasteiger partial charge in [0.25, 0.3) is 0 Å². The minimum absolute atomic E-state index is 0.253. The van der Waals surface area contributed by atoms with Gasteiger partial charge < -0.3 is 9.84 Å². The van der Waals surface area contributed by atoms with Crippen LogP contribution in [0.4, 0.5) is 0 Å². The molecule has 0 aliphatic rings. The number of methoxy groups -OCH3 is 1. The lowest BCUT2D eigenvalue weighted by Gasteiger charge is -2.13. The molecule has 1 unspecified atom stereocenters. The predicted octanol–water partition coefficient (Wildman–Crippen LogP) is 1.65. The molecule has 1 heterocycles. The first-order chi connectivity index (χ1) is 6.63. The Balaban J connectivity index is 2.66.